The number of nitrogens with zero attached hydrogens (tertiary/aromatic N) is 5. The van der Waals surface area contributed by atoms with E-state index in [0.29, 0.717) is 17.3 Å². The van der Waals surface area contributed by atoms with Crippen molar-refractivity contribution in [1.29, 1.82) is 0 Å². The number of carbonyl (C=O) groups excluding carboxylic acids is 1. The van der Waals surface area contributed by atoms with E-state index >= 15 is 0 Å². The monoisotopic (exact) mass is 527 g/mol. The van der Waals surface area contributed by atoms with E-state index in [-0.39, 0.29) is 0 Å². The molecule has 0 saturated carbocycles. The third-order valence-electron chi connectivity index (χ3n) is 5.96. The second kappa shape index (κ2) is 10.7. The number of halogens is 3. The zero-order chi connectivity index (χ0) is 27.4. The standard InChI is InChI=1S/C23H23N7O.C2HF3O2/c1-15-4-3-11-29(15)21-6-2-5-20(28-21)27-19-12-18(13-30-23(19)25-14-26-30)16-7-9-17(10-8-16)22(24)31;3-2(4,5)1(6)7/h2,5-10,12-15H,3-4,11H2,1H3,(H2,24,31)(H,27,28);(H,6,7)/t15-;/m0./s1. The molecule has 1 saturated heterocycles. The van der Waals surface area contributed by atoms with Crippen molar-refractivity contribution in [1.82, 2.24) is 19.6 Å². The average Bonchev–Trinajstić information content (AvgIpc) is 3.53. The zero-order valence-electron chi connectivity index (χ0n) is 20.2. The van der Waals surface area contributed by atoms with E-state index in [1.54, 1.807) is 16.6 Å². The van der Waals surface area contributed by atoms with Crippen LogP contribution in [0.25, 0.3) is 16.8 Å². The van der Waals surface area contributed by atoms with Crippen LogP contribution in [0.15, 0.2) is 61.1 Å². The Bertz CT molecular complexity index is 1450. The van der Waals surface area contributed by atoms with Crippen LogP contribution in [0.4, 0.5) is 30.5 Å². The molecule has 0 spiro atoms. The third kappa shape index (κ3) is 5.99. The first-order valence-electron chi connectivity index (χ1n) is 11.6. The van der Waals surface area contributed by atoms with Crippen molar-refractivity contribution in [3.63, 3.8) is 0 Å². The minimum Gasteiger partial charge on any atom is -0.475 e. The number of pyridine rings is 2. The maximum Gasteiger partial charge on any atom is 0.490 e. The molecule has 0 aliphatic carbocycles. The van der Waals surface area contributed by atoms with Crippen LogP contribution in [0.1, 0.15) is 30.1 Å². The number of hydrogen-bond acceptors (Lipinski definition) is 7. The fourth-order valence-corrected chi connectivity index (χ4v) is 4.07. The van der Waals surface area contributed by atoms with Crippen molar-refractivity contribution in [2.24, 2.45) is 5.73 Å². The smallest absolute Gasteiger partial charge is 0.475 e. The third-order valence-corrected chi connectivity index (χ3v) is 5.96. The highest BCUT2D eigenvalue weighted by Crippen LogP contribution is 2.29. The van der Waals surface area contributed by atoms with E-state index < -0.39 is 18.1 Å². The number of aliphatic carboxylic acids is 1. The maximum absolute atomic E-state index is 11.4. The number of amides is 1. The number of rotatable bonds is 5. The first-order chi connectivity index (χ1) is 18.0. The average molecular weight is 528 g/mol. The minimum absolute atomic E-state index is 0.445. The highest BCUT2D eigenvalue weighted by atomic mass is 19.4. The molecule has 0 radical (unpaired) electrons. The lowest BCUT2D eigenvalue weighted by molar-refractivity contribution is -0.192. The van der Waals surface area contributed by atoms with Crippen molar-refractivity contribution >= 4 is 34.8 Å². The van der Waals surface area contributed by atoms with E-state index in [2.05, 4.69) is 33.3 Å². The van der Waals surface area contributed by atoms with Crippen LogP contribution in [-0.4, -0.2) is 55.3 Å². The van der Waals surface area contributed by atoms with Gasteiger partial charge in [0.25, 0.3) is 0 Å². The van der Waals surface area contributed by atoms with Gasteiger partial charge in [-0.1, -0.05) is 18.2 Å². The SMILES string of the molecule is C[C@H]1CCCN1c1cccc(Nc2cc(-c3ccc(C(N)=O)cc3)cn3ncnc23)n1.O=C(O)C(F)(F)F. The number of carboxylic acids is 1. The van der Waals surface area contributed by atoms with Gasteiger partial charge >= 0.3 is 12.1 Å². The number of hydrogen-bond donors (Lipinski definition) is 3. The summed E-state index contributed by atoms with van der Waals surface area (Å²) in [5.41, 5.74) is 9.21. The Labute approximate surface area is 214 Å². The highest BCUT2D eigenvalue weighted by Gasteiger charge is 2.38. The molecule has 10 nitrogen and oxygen atoms in total. The number of aromatic nitrogens is 4. The Morgan fingerprint density at radius 2 is 1.84 bits per heavy atom. The van der Waals surface area contributed by atoms with Gasteiger partial charge in [0.05, 0.1) is 5.69 Å². The summed E-state index contributed by atoms with van der Waals surface area (Å²) in [5, 5.41) is 14.8. The van der Waals surface area contributed by atoms with Crippen LogP contribution in [0.5, 0.6) is 0 Å². The van der Waals surface area contributed by atoms with Gasteiger partial charge in [0.1, 0.15) is 18.0 Å². The number of carboxylic acid groups (broad SMARTS) is 1. The number of anilines is 3. The van der Waals surface area contributed by atoms with Gasteiger partial charge in [0, 0.05) is 29.9 Å². The summed E-state index contributed by atoms with van der Waals surface area (Å²) in [5.74, 6) is -1.47. The molecule has 0 bridgehead atoms. The molecule has 198 valence electrons. The summed E-state index contributed by atoms with van der Waals surface area (Å²) in [6.07, 6.45) is 0.729. The normalized spacial score (nSPS) is 15.2. The van der Waals surface area contributed by atoms with Crippen LogP contribution in [0, 0.1) is 0 Å². The van der Waals surface area contributed by atoms with Crippen LogP contribution in [0.3, 0.4) is 0 Å². The molecule has 1 fully saturated rings. The second-order valence-corrected chi connectivity index (χ2v) is 8.61. The van der Waals surface area contributed by atoms with Gasteiger partial charge in [-0.15, -0.1) is 0 Å². The largest absolute Gasteiger partial charge is 0.490 e. The van der Waals surface area contributed by atoms with Crippen LogP contribution < -0.4 is 16.0 Å². The minimum atomic E-state index is -5.08. The van der Waals surface area contributed by atoms with E-state index in [0.717, 1.165) is 35.0 Å². The van der Waals surface area contributed by atoms with Crippen molar-refractivity contribution in [3.05, 3.63) is 66.6 Å². The van der Waals surface area contributed by atoms with Gasteiger partial charge in [-0.05, 0) is 55.7 Å². The quantitative estimate of drug-likeness (QED) is 0.350. The molecule has 4 heterocycles. The van der Waals surface area contributed by atoms with E-state index in [4.69, 9.17) is 20.6 Å². The van der Waals surface area contributed by atoms with Gasteiger partial charge in [-0.2, -0.15) is 18.3 Å². The van der Waals surface area contributed by atoms with Crippen molar-refractivity contribution in [2.75, 3.05) is 16.8 Å². The molecule has 1 amide bonds. The van der Waals surface area contributed by atoms with Crippen molar-refractivity contribution < 1.29 is 27.9 Å². The highest BCUT2D eigenvalue weighted by molar-refractivity contribution is 5.93. The Hall–Kier alpha value is -4.68. The van der Waals surface area contributed by atoms with Crippen LogP contribution in [0.2, 0.25) is 0 Å². The summed E-state index contributed by atoms with van der Waals surface area (Å²) < 4.78 is 33.5. The molecule has 5 rings (SSSR count). The molecular formula is C25H24F3N7O3. The lowest BCUT2D eigenvalue weighted by Crippen LogP contribution is -2.27. The van der Waals surface area contributed by atoms with Crippen molar-refractivity contribution in [3.8, 4) is 11.1 Å². The molecule has 4 aromatic rings. The molecule has 0 unspecified atom stereocenters. The Kier molecular flexibility index (Phi) is 7.46. The Morgan fingerprint density at radius 3 is 2.45 bits per heavy atom. The molecule has 1 aliphatic rings. The lowest BCUT2D eigenvalue weighted by atomic mass is 10.0. The fraction of sp³-hybridized carbons (Fsp3) is 0.240. The topological polar surface area (TPSA) is 139 Å². The summed E-state index contributed by atoms with van der Waals surface area (Å²) in [7, 11) is 0. The fourth-order valence-electron chi connectivity index (χ4n) is 4.07. The Balaban J connectivity index is 0.000000426. The second-order valence-electron chi connectivity index (χ2n) is 8.61. The number of nitrogens with one attached hydrogen (secondary N) is 1. The molecule has 1 atom stereocenters. The van der Waals surface area contributed by atoms with Gasteiger partial charge in [0.2, 0.25) is 5.91 Å². The number of alkyl halides is 3. The zero-order valence-corrected chi connectivity index (χ0v) is 20.2. The van der Waals surface area contributed by atoms with E-state index in [1.807, 2.05) is 36.5 Å². The van der Waals surface area contributed by atoms with Crippen LogP contribution in [-0.2, 0) is 4.79 Å². The number of nitrogens with two attached hydrogens (primary N) is 1. The molecule has 4 N–H and O–H groups in total. The van der Waals surface area contributed by atoms with Gasteiger partial charge in [0.15, 0.2) is 5.65 Å². The van der Waals surface area contributed by atoms with Crippen LogP contribution >= 0.6 is 0 Å². The molecule has 38 heavy (non-hydrogen) atoms. The lowest BCUT2D eigenvalue weighted by Gasteiger charge is -2.23. The molecule has 1 aromatic carbocycles. The summed E-state index contributed by atoms with van der Waals surface area (Å²) in [4.78, 5) is 31.8. The predicted octanol–water partition coefficient (Wildman–Crippen LogP) is 4.26. The van der Waals surface area contributed by atoms with Gasteiger partial charge in [-0.3, -0.25) is 4.79 Å². The maximum atomic E-state index is 11.4. The summed E-state index contributed by atoms with van der Waals surface area (Å²) in [6.45, 7) is 3.27. The predicted molar refractivity (Wildman–Crippen MR) is 134 cm³/mol. The first-order valence-corrected chi connectivity index (χ1v) is 11.6. The Morgan fingerprint density at radius 1 is 1.13 bits per heavy atom. The number of fused-ring (bicyclic) bond motifs is 1. The number of primary amides is 1. The summed E-state index contributed by atoms with van der Waals surface area (Å²) >= 11 is 0. The van der Waals surface area contributed by atoms with E-state index in [1.165, 1.54) is 19.2 Å². The first kappa shape index (κ1) is 26.4. The molecule has 3 aromatic heterocycles. The van der Waals surface area contributed by atoms with Gasteiger partial charge in [-0.25, -0.2) is 19.3 Å². The number of carbonyl (C=O) groups is 2. The van der Waals surface area contributed by atoms with Gasteiger partial charge < -0.3 is 21.1 Å². The molecular weight excluding hydrogens is 503 g/mol. The van der Waals surface area contributed by atoms with Crippen molar-refractivity contribution in [2.45, 2.75) is 32.0 Å². The molecule has 1 aliphatic heterocycles. The summed E-state index contributed by atoms with van der Waals surface area (Å²) in [6, 6.07) is 15.7. The number of benzene rings is 1. The van der Waals surface area contributed by atoms with E-state index in [9.17, 15) is 18.0 Å². The molecule has 13 heteroatoms.